The first-order valence-electron chi connectivity index (χ1n) is 4.35. The van der Waals surface area contributed by atoms with Crippen LogP contribution in [0.1, 0.15) is 10.4 Å². The summed E-state index contributed by atoms with van der Waals surface area (Å²) in [5.41, 5.74) is 0.491. The summed E-state index contributed by atoms with van der Waals surface area (Å²) < 4.78 is 5.43. The van der Waals surface area contributed by atoms with Crippen LogP contribution in [0.2, 0.25) is 0 Å². The molecule has 1 rings (SSSR count). The molecule has 1 amide bonds. The summed E-state index contributed by atoms with van der Waals surface area (Å²) in [6.07, 6.45) is 1.46. The molecule has 1 heterocycles. The van der Waals surface area contributed by atoms with Gasteiger partial charge in [-0.1, -0.05) is 0 Å². The monoisotopic (exact) mass is 313 g/mol. The van der Waals surface area contributed by atoms with Crippen LogP contribution in [0.4, 0.5) is 0 Å². The van der Waals surface area contributed by atoms with Crippen LogP contribution >= 0.6 is 39.1 Å². The lowest BCUT2D eigenvalue weighted by molar-refractivity contribution is 0.0773. The predicted octanol–water partition coefficient (Wildman–Crippen LogP) is 2.96. The molecule has 0 radical (unpaired) electrons. The molecule has 0 saturated carbocycles. The molecule has 84 valence electrons. The van der Waals surface area contributed by atoms with Crippen molar-refractivity contribution < 1.29 is 9.21 Å². The van der Waals surface area contributed by atoms with Gasteiger partial charge in [-0.05, 0) is 22.0 Å². The fourth-order valence-corrected chi connectivity index (χ4v) is 1.95. The highest BCUT2D eigenvalue weighted by Gasteiger charge is 2.18. The minimum absolute atomic E-state index is 0.128. The van der Waals surface area contributed by atoms with Crippen LogP contribution in [-0.4, -0.2) is 35.7 Å². The Morgan fingerprint density at radius 1 is 1.40 bits per heavy atom. The van der Waals surface area contributed by atoms with Gasteiger partial charge in [0.2, 0.25) is 0 Å². The number of nitrogens with zero attached hydrogens (tertiary/aromatic N) is 1. The van der Waals surface area contributed by atoms with Crippen LogP contribution in [-0.2, 0) is 0 Å². The van der Waals surface area contributed by atoms with Gasteiger partial charge in [-0.2, -0.15) is 0 Å². The van der Waals surface area contributed by atoms with E-state index in [4.69, 9.17) is 27.6 Å². The summed E-state index contributed by atoms with van der Waals surface area (Å²) in [5, 5.41) is 0. The van der Waals surface area contributed by atoms with E-state index in [1.54, 1.807) is 11.0 Å². The van der Waals surface area contributed by atoms with Gasteiger partial charge in [0.25, 0.3) is 5.91 Å². The number of alkyl halides is 2. The Morgan fingerprint density at radius 3 is 2.40 bits per heavy atom. The minimum Gasteiger partial charge on any atom is -0.457 e. The van der Waals surface area contributed by atoms with Crippen molar-refractivity contribution in [2.75, 3.05) is 24.8 Å². The second kappa shape index (κ2) is 6.40. The summed E-state index contributed by atoms with van der Waals surface area (Å²) >= 11 is 14.4. The molecular formula is C9H10BrCl2NO2. The van der Waals surface area contributed by atoms with Gasteiger partial charge >= 0.3 is 0 Å². The maximum absolute atomic E-state index is 11.9. The lowest BCUT2D eigenvalue weighted by atomic mass is 10.3. The standard InChI is InChI=1S/C9H10BrCl2NO2/c10-8-7(1-6-15-8)9(14)13(4-2-11)5-3-12/h1,6H,2-5H2. The molecule has 3 nitrogen and oxygen atoms in total. The van der Waals surface area contributed by atoms with Gasteiger partial charge in [0.1, 0.15) is 0 Å². The van der Waals surface area contributed by atoms with E-state index in [1.807, 2.05) is 0 Å². The van der Waals surface area contributed by atoms with E-state index in [0.29, 0.717) is 35.1 Å². The normalized spacial score (nSPS) is 10.3. The molecule has 6 heteroatoms. The number of furan rings is 1. The molecule has 0 bridgehead atoms. The van der Waals surface area contributed by atoms with Crippen LogP contribution in [0.5, 0.6) is 0 Å². The zero-order valence-corrected chi connectivity index (χ0v) is 11.0. The van der Waals surface area contributed by atoms with E-state index in [0.717, 1.165) is 0 Å². The van der Waals surface area contributed by atoms with Crippen molar-refractivity contribution in [2.45, 2.75) is 0 Å². The van der Waals surface area contributed by atoms with Gasteiger partial charge in [-0.25, -0.2) is 0 Å². The van der Waals surface area contributed by atoms with Gasteiger partial charge in [0, 0.05) is 24.8 Å². The van der Waals surface area contributed by atoms with E-state index < -0.39 is 0 Å². The van der Waals surface area contributed by atoms with Crippen molar-refractivity contribution in [3.63, 3.8) is 0 Å². The zero-order valence-electron chi connectivity index (χ0n) is 7.88. The maximum atomic E-state index is 11.9. The molecule has 0 N–H and O–H groups in total. The fraction of sp³-hybridized carbons (Fsp3) is 0.444. The van der Waals surface area contributed by atoms with Crippen molar-refractivity contribution >= 4 is 45.0 Å². The summed E-state index contributed by atoms with van der Waals surface area (Å²) in [6, 6.07) is 1.61. The molecule has 1 aromatic heterocycles. The summed E-state index contributed by atoms with van der Waals surface area (Å²) in [4.78, 5) is 13.5. The van der Waals surface area contributed by atoms with E-state index in [-0.39, 0.29) is 5.91 Å². The quantitative estimate of drug-likeness (QED) is 0.783. The summed E-state index contributed by atoms with van der Waals surface area (Å²) in [7, 11) is 0. The molecule has 0 spiro atoms. The number of hydrogen-bond donors (Lipinski definition) is 0. The van der Waals surface area contributed by atoms with Crippen LogP contribution in [0, 0.1) is 0 Å². The Balaban J connectivity index is 2.76. The van der Waals surface area contributed by atoms with Crippen LogP contribution in [0.25, 0.3) is 0 Å². The first-order chi connectivity index (χ1) is 7.20. The number of halogens is 3. The van der Waals surface area contributed by atoms with Crippen molar-refractivity contribution in [3.05, 3.63) is 22.6 Å². The number of hydrogen-bond acceptors (Lipinski definition) is 2. The second-order valence-electron chi connectivity index (χ2n) is 2.78. The molecule has 0 aliphatic carbocycles. The number of carbonyl (C=O) groups excluding carboxylic acids is 1. The molecule has 0 saturated heterocycles. The highest BCUT2D eigenvalue weighted by atomic mass is 79.9. The molecule has 0 unspecified atom stereocenters. The third kappa shape index (κ3) is 3.40. The van der Waals surface area contributed by atoms with Crippen molar-refractivity contribution in [2.24, 2.45) is 0 Å². The maximum Gasteiger partial charge on any atom is 0.258 e. The summed E-state index contributed by atoms with van der Waals surface area (Å²) in [5.74, 6) is 0.646. The van der Waals surface area contributed by atoms with Gasteiger partial charge in [0.15, 0.2) is 4.67 Å². The van der Waals surface area contributed by atoms with Crippen LogP contribution in [0.3, 0.4) is 0 Å². The first kappa shape index (κ1) is 12.9. The molecule has 1 aromatic rings. The lowest BCUT2D eigenvalue weighted by Gasteiger charge is -2.19. The Bertz CT molecular complexity index is 324. The Morgan fingerprint density at radius 2 is 2.00 bits per heavy atom. The molecule has 0 atom stereocenters. The third-order valence-corrected chi connectivity index (χ3v) is 2.80. The summed E-state index contributed by atoms with van der Waals surface area (Å²) in [6.45, 7) is 0.954. The highest BCUT2D eigenvalue weighted by molar-refractivity contribution is 9.10. The molecule has 0 aromatic carbocycles. The average molecular weight is 315 g/mol. The van der Waals surface area contributed by atoms with Gasteiger partial charge in [-0.3, -0.25) is 4.79 Å². The Kier molecular flexibility index (Phi) is 5.50. The van der Waals surface area contributed by atoms with Crippen LogP contribution in [0.15, 0.2) is 21.4 Å². The SMILES string of the molecule is O=C(c1ccoc1Br)N(CCCl)CCCl. The fourth-order valence-electron chi connectivity index (χ4n) is 1.14. The molecule has 0 fully saturated rings. The average Bonchev–Trinajstić information content (AvgIpc) is 2.63. The molecule has 0 aliphatic heterocycles. The van der Waals surface area contributed by atoms with E-state index in [9.17, 15) is 4.79 Å². The topological polar surface area (TPSA) is 33.5 Å². The third-order valence-electron chi connectivity index (χ3n) is 1.84. The number of rotatable bonds is 5. The van der Waals surface area contributed by atoms with E-state index in [2.05, 4.69) is 15.9 Å². The van der Waals surface area contributed by atoms with Gasteiger partial charge < -0.3 is 9.32 Å². The Labute approximate surface area is 106 Å². The zero-order chi connectivity index (χ0) is 11.3. The van der Waals surface area contributed by atoms with E-state index in [1.165, 1.54) is 6.26 Å². The molecule has 15 heavy (non-hydrogen) atoms. The second-order valence-corrected chi connectivity index (χ2v) is 4.25. The largest absolute Gasteiger partial charge is 0.457 e. The van der Waals surface area contributed by atoms with Crippen molar-refractivity contribution in [1.29, 1.82) is 0 Å². The Hall–Kier alpha value is -0.190. The van der Waals surface area contributed by atoms with Crippen molar-refractivity contribution in [3.8, 4) is 0 Å². The van der Waals surface area contributed by atoms with Gasteiger partial charge in [-0.15, -0.1) is 23.2 Å². The predicted molar refractivity (Wildman–Crippen MR) is 63.8 cm³/mol. The van der Waals surface area contributed by atoms with Crippen molar-refractivity contribution in [1.82, 2.24) is 4.90 Å². The molecule has 0 aliphatic rings. The van der Waals surface area contributed by atoms with Gasteiger partial charge in [0.05, 0.1) is 11.8 Å². The lowest BCUT2D eigenvalue weighted by Crippen LogP contribution is -2.34. The van der Waals surface area contributed by atoms with E-state index >= 15 is 0 Å². The van der Waals surface area contributed by atoms with Crippen LogP contribution < -0.4 is 0 Å². The highest BCUT2D eigenvalue weighted by Crippen LogP contribution is 2.19. The molecular weight excluding hydrogens is 305 g/mol. The smallest absolute Gasteiger partial charge is 0.258 e. The number of carbonyl (C=O) groups is 1. The number of amides is 1. The first-order valence-corrected chi connectivity index (χ1v) is 6.21. The minimum atomic E-state index is -0.128.